The second-order valence-corrected chi connectivity index (χ2v) is 8.41. The van der Waals surface area contributed by atoms with Gasteiger partial charge in [-0.05, 0) is 42.5 Å². The fraction of sp³-hybridized carbons (Fsp3) is 0.280. The fourth-order valence-corrected chi connectivity index (χ4v) is 4.70. The second kappa shape index (κ2) is 8.99. The van der Waals surface area contributed by atoms with Gasteiger partial charge in [0.15, 0.2) is 0 Å². The number of aromatic nitrogens is 1. The van der Waals surface area contributed by atoms with Crippen LogP contribution in [0.1, 0.15) is 18.4 Å². The van der Waals surface area contributed by atoms with Crippen LogP contribution in [0.15, 0.2) is 67.0 Å². The Balaban J connectivity index is 1.38. The van der Waals surface area contributed by atoms with Gasteiger partial charge >= 0.3 is 6.03 Å². The van der Waals surface area contributed by atoms with Crippen molar-refractivity contribution in [2.24, 2.45) is 0 Å². The molecule has 3 heterocycles. The number of anilines is 1. The molecule has 0 radical (unpaired) electrons. The van der Waals surface area contributed by atoms with Gasteiger partial charge in [0.2, 0.25) is 11.8 Å². The van der Waals surface area contributed by atoms with Crippen molar-refractivity contribution in [2.45, 2.75) is 31.5 Å². The van der Waals surface area contributed by atoms with Gasteiger partial charge in [0, 0.05) is 23.5 Å². The van der Waals surface area contributed by atoms with Gasteiger partial charge < -0.3 is 15.5 Å². The number of imide groups is 1. The molecule has 0 spiro atoms. The average Bonchev–Trinajstić information content (AvgIpc) is 2.85. The van der Waals surface area contributed by atoms with Crippen LogP contribution in [0.4, 0.5) is 10.5 Å². The lowest BCUT2D eigenvalue weighted by Crippen LogP contribution is -2.70. The molecule has 3 aromatic rings. The fourth-order valence-electron chi connectivity index (χ4n) is 4.70. The molecular weight excluding hydrogens is 418 g/mol. The molecule has 0 bridgehead atoms. The van der Waals surface area contributed by atoms with E-state index < -0.39 is 12.1 Å². The first kappa shape index (κ1) is 21.1. The predicted molar refractivity (Wildman–Crippen MR) is 124 cm³/mol. The molecule has 5 rings (SSSR count). The number of benzene rings is 2. The summed E-state index contributed by atoms with van der Waals surface area (Å²) in [7, 11) is 0. The summed E-state index contributed by atoms with van der Waals surface area (Å²) in [5, 5.41) is 8.17. The highest BCUT2D eigenvalue weighted by molar-refractivity contribution is 6.05. The number of nitrogens with zero attached hydrogens (tertiary/aromatic N) is 3. The summed E-state index contributed by atoms with van der Waals surface area (Å²) in [6.07, 6.45) is 4.80. The van der Waals surface area contributed by atoms with Gasteiger partial charge in [-0.2, -0.15) is 0 Å². The molecule has 0 saturated carbocycles. The van der Waals surface area contributed by atoms with E-state index in [2.05, 4.69) is 15.6 Å². The summed E-state index contributed by atoms with van der Waals surface area (Å²) in [5.74, 6) is -0.543. The van der Waals surface area contributed by atoms with E-state index >= 15 is 0 Å². The lowest BCUT2D eigenvalue weighted by molar-refractivity contribution is -0.138. The van der Waals surface area contributed by atoms with Crippen LogP contribution in [0.5, 0.6) is 0 Å². The molecule has 2 aliphatic rings. The zero-order valence-electron chi connectivity index (χ0n) is 18.1. The molecule has 2 fully saturated rings. The van der Waals surface area contributed by atoms with Crippen LogP contribution in [0, 0.1) is 0 Å². The number of urea groups is 1. The molecule has 8 nitrogen and oxygen atoms in total. The van der Waals surface area contributed by atoms with Gasteiger partial charge in [-0.3, -0.25) is 19.5 Å². The van der Waals surface area contributed by atoms with Crippen LogP contribution < -0.4 is 10.6 Å². The number of piperidine rings is 1. The Morgan fingerprint density at radius 2 is 1.94 bits per heavy atom. The maximum absolute atomic E-state index is 13.4. The first-order valence-corrected chi connectivity index (χ1v) is 11.1. The lowest BCUT2D eigenvalue weighted by Gasteiger charge is -2.46. The summed E-state index contributed by atoms with van der Waals surface area (Å²) >= 11 is 0. The molecule has 168 valence electrons. The van der Waals surface area contributed by atoms with Crippen LogP contribution >= 0.6 is 0 Å². The molecule has 4 amide bonds. The third kappa shape index (κ3) is 4.17. The minimum atomic E-state index is -0.515. The number of nitrogens with one attached hydrogen (secondary N) is 2. The Morgan fingerprint density at radius 1 is 1.09 bits per heavy atom. The van der Waals surface area contributed by atoms with Gasteiger partial charge in [0.1, 0.15) is 12.6 Å². The van der Waals surface area contributed by atoms with Gasteiger partial charge in [-0.15, -0.1) is 0 Å². The number of pyridine rings is 1. The number of rotatable bonds is 5. The molecule has 1 aromatic heterocycles. The van der Waals surface area contributed by atoms with Gasteiger partial charge in [-0.1, -0.05) is 42.5 Å². The quantitative estimate of drug-likeness (QED) is 0.632. The van der Waals surface area contributed by atoms with Crippen molar-refractivity contribution in [1.29, 1.82) is 0 Å². The van der Waals surface area contributed by atoms with Crippen LogP contribution in [0.25, 0.3) is 10.8 Å². The van der Waals surface area contributed by atoms with Crippen LogP contribution in [-0.4, -0.2) is 57.8 Å². The van der Waals surface area contributed by atoms with Crippen molar-refractivity contribution in [2.75, 3.05) is 18.4 Å². The van der Waals surface area contributed by atoms with Crippen LogP contribution in [0.2, 0.25) is 0 Å². The van der Waals surface area contributed by atoms with E-state index in [9.17, 15) is 14.4 Å². The van der Waals surface area contributed by atoms with Crippen LogP contribution in [0.3, 0.4) is 0 Å². The van der Waals surface area contributed by atoms with Crippen LogP contribution in [-0.2, 0) is 16.1 Å². The minimum Gasteiger partial charge on any atom is -0.324 e. The molecule has 8 heteroatoms. The van der Waals surface area contributed by atoms with Crippen molar-refractivity contribution in [3.05, 3.63) is 72.6 Å². The maximum Gasteiger partial charge on any atom is 0.327 e. The third-order valence-electron chi connectivity index (χ3n) is 6.28. The van der Waals surface area contributed by atoms with Crippen molar-refractivity contribution < 1.29 is 14.4 Å². The first-order chi connectivity index (χ1) is 16.1. The van der Waals surface area contributed by atoms with Crippen molar-refractivity contribution in [1.82, 2.24) is 20.1 Å². The van der Waals surface area contributed by atoms with E-state index in [0.29, 0.717) is 18.7 Å². The molecule has 2 saturated heterocycles. The number of hydrogen-bond acceptors (Lipinski definition) is 5. The highest BCUT2D eigenvalue weighted by Crippen LogP contribution is 2.27. The van der Waals surface area contributed by atoms with E-state index in [1.165, 1.54) is 9.80 Å². The van der Waals surface area contributed by atoms with Gasteiger partial charge in [0.05, 0.1) is 12.6 Å². The highest BCUT2D eigenvalue weighted by Gasteiger charge is 2.47. The molecule has 2 unspecified atom stereocenters. The van der Waals surface area contributed by atoms with E-state index in [-0.39, 0.29) is 30.9 Å². The number of fused-ring (bicyclic) bond motifs is 2. The summed E-state index contributed by atoms with van der Waals surface area (Å²) in [4.78, 5) is 46.4. The minimum absolute atomic E-state index is 0.123. The Labute approximate surface area is 191 Å². The SMILES string of the molecule is O=C(CN1C(=O)N(Cc2cccnc2)C(=O)C2NCCCC21)Nc1cccc2ccccc12. The summed E-state index contributed by atoms with van der Waals surface area (Å²) in [6.45, 7) is 0.706. The molecule has 2 aromatic carbocycles. The van der Waals surface area contributed by atoms with Gasteiger partial charge in [-0.25, -0.2) is 4.79 Å². The van der Waals surface area contributed by atoms with E-state index in [4.69, 9.17) is 0 Å². The summed E-state index contributed by atoms with van der Waals surface area (Å²) < 4.78 is 0. The molecule has 2 aliphatic heterocycles. The number of amides is 4. The largest absolute Gasteiger partial charge is 0.327 e. The number of carbonyl (C=O) groups is 3. The Bertz CT molecular complexity index is 1190. The van der Waals surface area contributed by atoms with Crippen molar-refractivity contribution >= 4 is 34.3 Å². The van der Waals surface area contributed by atoms with Crippen molar-refractivity contribution in [3.8, 4) is 0 Å². The standard InChI is InChI=1S/C25H25N5O3/c31-22(28-20-10-3-8-18-7-1-2-9-19(18)20)16-29-21-11-5-13-27-23(21)24(32)30(25(29)33)15-17-6-4-12-26-14-17/h1-4,6-10,12,14,21,23,27H,5,11,13,15-16H2,(H,28,31). The van der Waals surface area contributed by atoms with E-state index in [0.717, 1.165) is 22.8 Å². The monoisotopic (exact) mass is 443 g/mol. The molecule has 0 aliphatic carbocycles. The number of carbonyl (C=O) groups excluding carboxylic acids is 3. The molecule has 33 heavy (non-hydrogen) atoms. The topological polar surface area (TPSA) is 94.6 Å². The van der Waals surface area contributed by atoms with Crippen molar-refractivity contribution in [3.63, 3.8) is 0 Å². The zero-order valence-corrected chi connectivity index (χ0v) is 18.1. The summed E-state index contributed by atoms with van der Waals surface area (Å²) in [5.41, 5.74) is 1.46. The Morgan fingerprint density at radius 3 is 2.79 bits per heavy atom. The second-order valence-electron chi connectivity index (χ2n) is 8.41. The highest BCUT2D eigenvalue weighted by atomic mass is 16.2. The molecule has 2 atom stereocenters. The summed E-state index contributed by atoms with van der Waals surface area (Å²) in [6, 6.07) is 15.8. The zero-order chi connectivity index (χ0) is 22.8. The van der Waals surface area contributed by atoms with Gasteiger partial charge in [0.25, 0.3) is 0 Å². The van der Waals surface area contributed by atoms with E-state index in [1.54, 1.807) is 18.5 Å². The average molecular weight is 444 g/mol. The Hall–Kier alpha value is -3.78. The van der Waals surface area contributed by atoms with E-state index in [1.807, 2.05) is 48.5 Å². The molecule has 2 N–H and O–H groups in total. The predicted octanol–water partition coefficient (Wildman–Crippen LogP) is 2.76. The smallest absolute Gasteiger partial charge is 0.324 e. The maximum atomic E-state index is 13.4. The first-order valence-electron chi connectivity index (χ1n) is 11.1. The molecular formula is C25H25N5O3. The number of hydrogen-bond donors (Lipinski definition) is 2. The normalized spacial score (nSPS) is 20.6. The third-order valence-corrected chi connectivity index (χ3v) is 6.28. The lowest BCUT2D eigenvalue weighted by atomic mass is 9.93. The Kier molecular flexibility index (Phi) is 5.75.